The number of carbonyl (C=O) groups excluding carboxylic acids is 1. The molecular weight excluding hydrogens is 378 g/mol. The van der Waals surface area contributed by atoms with E-state index >= 15 is 0 Å². The van der Waals surface area contributed by atoms with E-state index in [4.69, 9.17) is 4.74 Å². The molecular formula is C20H25N3O4S. The van der Waals surface area contributed by atoms with Crippen molar-refractivity contribution in [3.8, 4) is 5.75 Å². The number of carbonyl (C=O) groups is 1. The minimum absolute atomic E-state index is 0.0691. The first kappa shape index (κ1) is 19.0. The van der Waals surface area contributed by atoms with Crippen LogP contribution in [-0.4, -0.2) is 49.3 Å². The Balaban J connectivity index is 1.47. The van der Waals surface area contributed by atoms with Crippen molar-refractivity contribution in [1.82, 2.24) is 15.1 Å². The molecule has 0 saturated carbocycles. The summed E-state index contributed by atoms with van der Waals surface area (Å²) >= 11 is 0. The topological polar surface area (TPSA) is 90.3 Å². The van der Waals surface area contributed by atoms with Crippen LogP contribution in [0.3, 0.4) is 0 Å². The number of nitrogens with zero attached hydrogens (tertiary/aromatic N) is 2. The highest BCUT2D eigenvalue weighted by atomic mass is 32.2. The summed E-state index contributed by atoms with van der Waals surface area (Å²) in [6.07, 6.45) is 3.91. The number of sulfone groups is 1. The van der Waals surface area contributed by atoms with Gasteiger partial charge in [0.15, 0.2) is 9.84 Å². The van der Waals surface area contributed by atoms with Gasteiger partial charge in [-0.2, -0.15) is 5.10 Å². The van der Waals surface area contributed by atoms with Gasteiger partial charge in [-0.3, -0.25) is 9.48 Å². The van der Waals surface area contributed by atoms with Gasteiger partial charge in [0.2, 0.25) is 0 Å². The summed E-state index contributed by atoms with van der Waals surface area (Å²) < 4.78 is 30.6. The molecule has 1 aliphatic heterocycles. The van der Waals surface area contributed by atoms with Crippen molar-refractivity contribution in [2.24, 2.45) is 0 Å². The van der Waals surface area contributed by atoms with Crippen molar-refractivity contribution in [3.05, 3.63) is 46.8 Å². The summed E-state index contributed by atoms with van der Waals surface area (Å²) in [6, 6.07) is 7.53. The molecule has 0 unspecified atom stereocenters. The van der Waals surface area contributed by atoms with Crippen molar-refractivity contribution in [1.29, 1.82) is 0 Å². The van der Waals surface area contributed by atoms with E-state index in [1.165, 1.54) is 0 Å². The highest BCUT2D eigenvalue weighted by Crippen LogP contribution is 2.31. The normalized spacial score (nSPS) is 20.1. The number of ether oxygens (including phenoxy) is 1. The molecule has 0 bridgehead atoms. The summed E-state index contributed by atoms with van der Waals surface area (Å²) in [5, 5.41) is 7.62. The molecule has 2 aliphatic rings. The van der Waals surface area contributed by atoms with Gasteiger partial charge in [-0.15, -0.1) is 0 Å². The molecule has 28 heavy (non-hydrogen) atoms. The maximum Gasteiger partial charge on any atom is 0.269 e. The van der Waals surface area contributed by atoms with Gasteiger partial charge in [0.1, 0.15) is 11.4 Å². The number of amides is 1. The van der Waals surface area contributed by atoms with E-state index in [1.54, 1.807) is 11.8 Å². The van der Waals surface area contributed by atoms with Gasteiger partial charge in [-0.25, -0.2) is 8.42 Å². The van der Waals surface area contributed by atoms with Gasteiger partial charge < -0.3 is 10.1 Å². The molecule has 0 spiro atoms. The molecule has 1 fully saturated rings. The average molecular weight is 404 g/mol. The lowest BCUT2D eigenvalue weighted by atomic mass is 10.1. The van der Waals surface area contributed by atoms with Gasteiger partial charge in [0.25, 0.3) is 5.91 Å². The van der Waals surface area contributed by atoms with Crippen molar-refractivity contribution in [2.75, 3.05) is 25.2 Å². The maximum atomic E-state index is 13.0. The number of aryl methyl sites for hydroxylation is 1. The number of methoxy groups -OCH3 is 1. The largest absolute Gasteiger partial charge is 0.497 e. The van der Waals surface area contributed by atoms with Crippen molar-refractivity contribution in [2.45, 2.75) is 38.1 Å². The maximum absolute atomic E-state index is 13.0. The predicted molar refractivity (Wildman–Crippen MR) is 106 cm³/mol. The Morgan fingerprint density at radius 1 is 1.29 bits per heavy atom. The van der Waals surface area contributed by atoms with Crippen molar-refractivity contribution in [3.63, 3.8) is 0 Å². The highest BCUT2D eigenvalue weighted by Gasteiger charge is 2.35. The van der Waals surface area contributed by atoms with Crippen molar-refractivity contribution < 1.29 is 17.9 Å². The molecule has 1 amide bonds. The van der Waals surface area contributed by atoms with Crippen molar-refractivity contribution >= 4 is 15.7 Å². The Hall–Kier alpha value is -2.35. The predicted octanol–water partition coefficient (Wildman–Crippen LogP) is 1.71. The van der Waals surface area contributed by atoms with Crippen LogP contribution in [0, 0.1) is 0 Å². The zero-order chi connectivity index (χ0) is 19.7. The number of rotatable bonds is 6. The Bertz CT molecular complexity index is 980. The summed E-state index contributed by atoms with van der Waals surface area (Å²) in [6.45, 7) is 0.508. The van der Waals surface area contributed by atoms with Crippen LogP contribution in [-0.2, 0) is 29.1 Å². The number of aromatic nitrogens is 2. The van der Waals surface area contributed by atoms with E-state index in [2.05, 4.69) is 10.4 Å². The van der Waals surface area contributed by atoms with Crippen LogP contribution in [0.15, 0.2) is 24.3 Å². The van der Waals surface area contributed by atoms with E-state index in [9.17, 15) is 13.2 Å². The van der Waals surface area contributed by atoms with Crippen LogP contribution in [0.4, 0.5) is 0 Å². The number of hydrogen-bond acceptors (Lipinski definition) is 5. The van der Waals surface area contributed by atoms with Gasteiger partial charge in [0.05, 0.1) is 30.4 Å². The quantitative estimate of drug-likeness (QED) is 0.793. The molecule has 4 rings (SSSR count). The molecule has 7 nitrogen and oxygen atoms in total. The van der Waals surface area contributed by atoms with Gasteiger partial charge >= 0.3 is 0 Å². The number of nitrogens with one attached hydrogen (secondary N) is 1. The van der Waals surface area contributed by atoms with E-state index in [0.29, 0.717) is 25.1 Å². The van der Waals surface area contributed by atoms with E-state index in [-0.39, 0.29) is 23.5 Å². The molecule has 2 aromatic rings. The number of fused-ring (bicyclic) bond motifs is 1. The smallest absolute Gasteiger partial charge is 0.269 e. The SMILES string of the molecule is COc1ccc(CCNC(=O)c2c3c(nn2[C@@H]2CCS(=O)(=O)C2)CCC3)cc1. The molecule has 1 aromatic carbocycles. The van der Waals surface area contributed by atoms with Crippen LogP contribution in [0.2, 0.25) is 0 Å². The standard InChI is InChI=1S/C20H25N3O4S/c1-27-16-7-5-14(6-8-16)9-11-21-20(24)19-17-3-2-4-18(17)22-23(19)15-10-12-28(25,26)13-15/h5-8,15H,2-4,9-13H2,1H3,(H,21,24)/t15-/m1/s1. The summed E-state index contributed by atoms with van der Waals surface area (Å²) in [7, 11) is -1.41. The second kappa shape index (κ2) is 7.58. The molecule has 2 heterocycles. The molecule has 150 valence electrons. The summed E-state index contributed by atoms with van der Waals surface area (Å²) in [5.41, 5.74) is 3.61. The third-order valence-electron chi connectivity index (χ3n) is 5.56. The monoisotopic (exact) mass is 403 g/mol. The van der Waals surface area contributed by atoms with Crippen LogP contribution < -0.4 is 10.1 Å². The van der Waals surface area contributed by atoms with E-state index < -0.39 is 9.84 Å². The van der Waals surface area contributed by atoms with Crippen LogP contribution in [0.5, 0.6) is 5.75 Å². The first-order valence-corrected chi connectivity index (χ1v) is 11.5. The summed E-state index contributed by atoms with van der Waals surface area (Å²) in [4.78, 5) is 13.0. The van der Waals surface area contributed by atoms with E-state index in [0.717, 1.165) is 41.8 Å². The first-order valence-electron chi connectivity index (χ1n) is 9.68. The lowest BCUT2D eigenvalue weighted by molar-refractivity contribution is 0.0940. The van der Waals surface area contributed by atoms with Crippen LogP contribution >= 0.6 is 0 Å². The average Bonchev–Trinajstić information content (AvgIpc) is 3.35. The van der Waals surface area contributed by atoms with E-state index in [1.807, 2.05) is 24.3 Å². The lowest BCUT2D eigenvalue weighted by Gasteiger charge is -2.14. The third kappa shape index (κ3) is 3.78. The second-order valence-electron chi connectivity index (χ2n) is 7.48. The Kier molecular flexibility index (Phi) is 5.14. The lowest BCUT2D eigenvalue weighted by Crippen LogP contribution is -2.30. The number of hydrogen-bond donors (Lipinski definition) is 1. The Morgan fingerprint density at radius 3 is 2.75 bits per heavy atom. The summed E-state index contributed by atoms with van der Waals surface area (Å²) in [5.74, 6) is 0.882. The second-order valence-corrected chi connectivity index (χ2v) is 9.71. The first-order chi connectivity index (χ1) is 13.5. The Morgan fingerprint density at radius 2 is 2.07 bits per heavy atom. The minimum Gasteiger partial charge on any atom is -0.497 e. The molecule has 0 radical (unpaired) electrons. The zero-order valence-electron chi connectivity index (χ0n) is 16.0. The third-order valence-corrected chi connectivity index (χ3v) is 7.31. The molecule has 1 aliphatic carbocycles. The van der Waals surface area contributed by atoms with Crippen LogP contribution in [0.25, 0.3) is 0 Å². The fraction of sp³-hybridized carbons (Fsp3) is 0.500. The highest BCUT2D eigenvalue weighted by molar-refractivity contribution is 7.91. The fourth-order valence-corrected chi connectivity index (χ4v) is 5.77. The Labute approximate surface area is 165 Å². The molecule has 1 aromatic heterocycles. The molecule has 1 atom stereocenters. The van der Waals surface area contributed by atoms with Gasteiger partial charge in [0, 0.05) is 12.1 Å². The minimum atomic E-state index is -3.04. The van der Waals surface area contributed by atoms with Gasteiger partial charge in [-0.05, 0) is 49.8 Å². The molecule has 1 N–H and O–H groups in total. The molecule has 8 heteroatoms. The fourth-order valence-electron chi connectivity index (χ4n) is 4.08. The van der Waals surface area contributed by atoms with Crippen LogP contribution in [0.1, 0.15) is 46.2 Å². The zero-order valence-corrected chi connectivity index (χ0v) is 16.8. The molecule has 1 saturated heterocycles. The number of benzene rings is 1. The van der Waals surface area contributed by atoms with Gasteiger partial charge in [-0.1, -0.05) is 12.1 Å².